The summed E-state index contributed by atoms with van der Waals surface area (Å²) >= 11 is 0. The van der Waals surface area contributed by atoms with E-state index in [0.717, 1.165) is 38.5 Å². The van der Waals surface area contributed by atoms with Crippen LogP contribution in [0.15, 0.2) is 12.4 Å². The smallest absolute Gasteiger partial charge is 0.148 e. The average molecular weight is 263 g/mol. The van der Waals surface area contributed by atoms with Crippen molar-refractivity contribution in [1.82, 2.24) is 14.9 Å². The first-order valence-corrected chi connectivity index (χ1v) is 6.71. The molecule has 2 rings (SSSR count). The van der Waals surface area contributed by atoms with Crippen LogP contribution in [0.1, 0.15) is 13.8 Å². The summed E-state index contributed by atoms with van der Waals surface area (Å²) in [6, 6.07) is 1.91. The van der Waals surface area contributed by atoms with Gasteiger partial charge in [0.05, 0.1) is 6.54 Å². The Bertz CT molecular complexity index is 429. The molecule has 0 saturated carbocycles. The second-order valence-electron chi connectivity index (χ2n) is 4.74. The van der Waals surface area contributed by atoms with E-state index in [4.69, 9.17) is 0 Å². The van der Waals surface area contributed by atoms with Crippen LogP contribution in [0.25, 0.3) is 0 Å². The number of aromatic nitrogens is 2. The maximum absolute atomic E-state index is 11.0. The lowest BCUT2D eigenvalue weighted by Crippen LogP contribution is -2.46. The highest BCUT2D eigenvalue weighted by atomic mass is 16.1. The molecule has 0 aromatic carbocycles. The van der Waals surface area contributed by atoms with Crippen LogP contribution in [-0.2, 0) is 4.79 Å². The topological polar surface area (TPSA) is 61.4 Å². The van der Waals surface area contributed by atoms with Gasteiger partial charge < -0.3 is 15.1 Å². The molecule has 0 unspecified atom stereocenters. The number of piperazine rings is 1. The van der Waals surface area contributed by atoms with Crippen LogP contribution in [0.4, 0.5) is 11.6 Å². The number of carbonyl (C=O) groups excluding carboxylic acids is 1. The van der Waals surface area contributed by atoms with Gasteiger partial charge in [-0.15, -0.1) is 0 Å². The molecule has 1 saturated heterocycles. The molecule has 0 amide bonds. The Balaban J connectivity index is 1.97. The normalized spacial score (nSPS) is 16.4. The van der Waals surface area contributed by atoms with Crippen LogP contribution in [-0.4, -0.2) is 59.9 Å². The summed E-state index contributed by atoms with van der Waals surface area (Å²) < 4.78 is 0. The Labute approximate surface area is 113 Å². The third-order valence-electron chi connectivity index (χ3n) is 3.31. The van der Waals surface area contributed by atoms with Gasteiger partial charge in [-0.1, -0.05) is 6.92 Å². The zero-order valence-corrected chi connectivity index (χ0v) is 11.6. The molecule has 1 aromatic rings. The fourth-order valence-electron chi connectivity index (χ4n) is 2.12. The molecule has 0 radical (unpaired) electrons. The largest absolute Gasteiger partial charge is 0.363 e. The van der Waals surface area contributed by atoms with Crippen molar-refractivity contribution in [2.24, 2.45) is 0 Å². The van der Waals surface area contributed by atoms with Gasteiger partial charge in [-0.3, -0.25) is 4.79 Å². The minimum absolute atomic E-state index is 0.0942. The number of hydrogen-bond donors (Lipinski definition) is 1. The van der Waals surface area contributed by atoms with Crippen molar-refractivity contribution in [2.75, 3.05) is 49.5 Å². The van der Waals surface area contributed by atoms with E-state index >= 15 is 0 Å². The van der Waals surface area contributed by atoms with Gasteiger partial charge in [-0.05, 0) is 13.5 Å². The third kappa shape index (κ3) is 3.89. The zero-order chi connectivity index (χ0) is 13.7. The maximum Gasteiger partial charge on any atom is 0.148 e. The molecule has 0 spiro atoms. The highest BCUT2D eigenvalue weighted by Gasteiger charge is 2.17. The summed E-state index contributed by atoms with van der Waals surface area (Å²) in [4.78, 5) is 24.1. The van der Waals surface area contributed by atoms with Crippen LogP contribution in [0.5, 0.6) is 0 Å². The molecule has 0 bridgehead atoms. The number of anilines is 2. The molecule has 104 valence electrons. The first-order chi connectivity index (χ1) is 9.19. The number of Topliss-reactive ketones (excluding diaryl/α,β-unsaturated/α-hetero) is 1. The highest BCUT2D eigenvalue weighted by Crippen LogP contribution is 2.15. The second-order valence-corrected chi connectivity index (χ2v) is 4.74. The molecule has 1 aromatic heterocycles. The number of ketones is 1. The fourth-order valence-corrected chi connectivity index (χ4v) is 2.12. The van der Waals surface area contributed by atoms with Gasteiger partial charge in [-0.25, -0.2) is 9.97 Å². The van der Waals surface area contributed by atoms with Gasteiger partial charge in [0, 0.05) is 32.2 Å². The van der Waals surface area contributed by atoms with Crippen molar-refractivity contribution in [2.45, 2.75) is 13.8 Å². The Morgan fingerprint density at radius 1 is 1.32 bits per heavy atom. The Morgan fingerprint density at radius 3 is 2.68 bits per heavy atom. The summed E-state index contributed by atoms with van der Waals surface area (Å²) in [5, 5.41) is 3.01. The van der Waals surface area contributed by atoms with Crippen LogP contribution in [0, 0.1) is 0 Å². The lowest BCUT2D eigenvalue weighted by molar-refractivity contribution is -0.115. The zero-order valence-electron chi connectivity index (χ0n) is 11.6. The van der Waals surface area contributed by atoms with E-state index in [2.05, 4.69) is 32.0 Å². The van der Waals surface area contributed by atoms with Gasteiger partial charge in [-0.2, -0.15) is 0 Å². The third-order valence-corrected chi connectivity index (χ3v) is 3.31. The van der Waals surface area contributed by atoms with Crippen molar-refractivity contribution in [1.29, 1.82) is 0 Å². The molecule has 2 heterocycles. The van der Waals surface area contributed by atoms with Gasteiger partial charge >= 0.3 is 0 Å². The van der Waals surface area contributed by atoms with Gasteiger partial charge in [0.15, 0.2) is 0 Å². The number of likely N-dealkylation sites (N-methyl/N-ethyl adjacent to an activating group) is 1. The molecular weight excluding hydrogens is 242 g/mol. The summed E-state index contributed by atoms with van der Waals surface area (Å²) in [5.41, 5.74) is 0. The Morgan fingerprint density at radius 2 is 2.05 bits per heavy atom. The molecule has 1 aliphatic rings. The predicted molar refractivity (Wildman–Crippen MR) is 75.5 cm³/mol. The predicted octanol–water partition coefficient (Wildman–Crippen LogP) is 0.619. The minimum atomic E-state index is 0.0942. The van der Waals surface area contributed by atoms with E-state index in [0.29, 0.717) is 12.4 Å². The van der Waals surface area contributed by atoms with Crippen LogP contribution >= 0.6 is 0 Å². The quantitative estimate of drug-likeness (QED) is 0.840. The van der Waals surface area contributed by atoms with E-state index in [1.807, 2.05) is 6.07 Å². The molecule has 1 N–H and O–H groups in total. The lowest BCUT2D eigenvalue weighted by Gasteiger charge is -2.34. The van der Waals surface area contributed by atoms with Gasteiger partial charge in [0.2, 0.25) is 0 Å². The van der Waals surface area contributed by atoms with E-state index < -0.39 is 0 Å². The number of rotatable bonds is 5. The number of nitrogens with one attached hydrogen (secondary N) is 1. The first kappa shape index (κ1) is 13.7. The van der Waals surface area contributed by atoms with E-state index in [1.165, 1.54) is 0 Å². The molecule has 19 heavy (non-hydrogen) atoms. The number of hydrogen-bond acceptors (Lipinski definition) is 6. The van der Waals surface area contributed by atoms with E-state index in [-0.39, 0.29) is 5.78 Å². The highest BCUT2D eigenvalue weighted by molar-refractivity contribution is 5.80. The van der Waals surface area contributed by atoms with Crippen LogP contribution in [0.3, 0.4) is 0 Å². The molecule has 6 nitrogen and oxygen atoms in total. The molecule has 0 atom stereocenters. The molecule has 6 heteroatoms. The van der Waals surface area contributed by atoms with Gasteiger partial charge in [0.25, 0.3) is 0 Å². The standard InChI is InChI=1S/C13H21N5O/c1-3-17-4-6-18(7-5-17)13-8-12(15-10-16-13)14-9-11(2)19/h8,10H,3-7,9H2,1-2H3,(H,14,15,16). The monoisotopic (exact) mass is 263 g/mol. The lowest BCUT2D eigenvalue weighted by atomic mass is 10.3. The Hall–Kier alpha value is -1.69. The van der Waals surface area contributed by atoms with Gasteiger partial charge in [0.1, 0.15) is 23.7 Å². The minimum Gasteiger partial charge on any atom is -0.363 e. The molecular formula is C13H21N5O. The summed E-state index contributed by atoms with van der Waals surface area (Å²) in [6.45, 7) is 9.24. The summed E-state index contributed by atoms with van der Waals surface area (Å²) in [5.74, 6) is 1.73. The number of nitrogens with zero attached hydrogens (tertiary/aromatic N) is 4. The molecule has 1 fully saturated rings. The van der Waals surface area contributed by atoms with Crippen molar-refractivity contribution in [3.63, 3.8) is 0 Å². The van der Waals surface area contributed by atoms with E-state index in [1.54, 1.807) is 13.3 Å². The van der Waals surface area contributed by atoms with Crippen LogP contribution in [0.2, 0.25) is 0 Å². The van der Waals surface area contributed by atoms with Crippen molar-refractivity contribution < 1.29 is 4.79 Å². The summed E-state index contributed by atoms with van der Waals surface area (Å²) in [6.07, 6.45) is 1.55. The summed E-state index contributed by atoms with van der Waals surface area (Å²) in [7, 11) is 0. The van der Waals surface area contributed by atoms with Crippen LogP contribution < -0.4 is 10.2 Å². The van der Waals surface area contributed by atoms with E-state index in [9.17, 15) is 4.79 Å². The van der Waals surface area contributed by atoms with Crippen molar-refractivity contribution in [3.8, 4) is 0 Å². The molecule has 1 aliphatic heterocycles. The van der Waals surface area contributed by atoms with Crippen molar-refractivity contribution >= 4 is 17.4 Å². The maximum atomic E-state index is 11.0. The fraction of sp³-hybridized carbons (Fsp3) is 0.615. The second kappa shape index (κ2) is 6.47. The number of carbonyl (C=O) groups is 1. The SMILES string of the molecule is CCN1CCN(c2cc(NCC(C)=O)ncn2)CC1. The average Bonchev–Trinajstić information content (AvgIpc) is 2.45. The van der Waals surface area contributed by atoms with Crippen molar-refractivity contribution in [3.05, 3.63) is 12.4 Å². The first-order valence-electron chi connectivity index (χ1n) is 6.71. The molecule has 0 aliphatic carbocycles. The Kier molecular flexibility index (Phi) is 4.68.